The van der Waals surface area contributed by atoms with Crippen molar-refractivity contribution >= 4 is 14.7 Å². The van der Waals surface area contributed by atoms with E-state index in [1.165, 1.54) is 7.11 Å². The monoisotopic (exact) mass is 401 g/mol. The van der Waals surface area contributed by atoms with Crippen molar-refractivity contribution in [2.75, 3.05) is 26.9 Å². The van der Waals surface area contributed by atoms with Crippen LogP contribution in [0.2, 0.25) is 6.04 Å². The summed E-state index contributed by atoms with van der Waals surface area (Å²) in [7, 11) is -1.52. The summed E-state index contributed by atoms with van der Waals surface area (Å²) in [5.74, 6) is -12.4. The lowest BCUT2D eigenvalue weighted by Gasteiger charge is -2.27. The second kappa shape index (κ2) is 9.95. The van der Waals surface area contributed by atoms with Crippen molar-refractivity contribution in [2.45, 2.75) is 26.3 Å². The van der Waals surface area contributed by atoms with Crippen molar-refractivity contribution < 1.29 is 40.0 Å². The van der Waals surface area contributed by atoms with E-state index in [0.717, 1.165) is 0 Å². The van der Waals surface area contributed by atoms with Crippen molar-refractivity contribution in [3.05, 3.63) is 34.6 Å². The van der Waals surface area contributed by atoms with E-state index in [1.807, 2.05) is 0 Å². The molecule has 26 heavy (non-hydrogen) atoms. The first-order valence-electron chi connectivity index (χ1n) is 7.87. The highest BCUT2D eigenvalue weighted by Crippen LogP contribution is 2.23. The molecule has 0 heterocycles. The zero-order valence-corrected chi connectivity index (χ0v) is 15.6. The minimum atomic E-state index is -2.94. The Hall–Kier alpha value is -1.56. The Bertz CT molecular complexity index is 612. The third-order valence-electron chi connectivity index (χ3n) is 3.42. The van der Waals surface area contributed by atoms with Crippen LogP contribution in [0.15, 0.2) is 0 Å². The molecule has 0 spiro atoms. The molecule has 1 amide bonds. The van der Waals surface area contributed by atoms with E-state index < -0.39 is 49.4 Å². The van der Waals surface area contributed by atoms with Crippen LogP contribution in [0, 0.1) is 29.1 Å². The van der Waals surface area contributed by atoms with Crippen molar-refractivity contribution in [3.63, 3.8) is 0 Å². The summed E-state index contributed by atoms with van der Waals surface area (Å²) in [5.41, 5.74) is -1.52. The van der Waals surface area contributed by atoms with Crippen LogP contribution in [0.4, 0.5) is 22.0 Å². The summed E-state index contributed by atoms with van der Waals surface area (Å²) < 4.78 is 82.7. The van der Waals surface area contributed by atoms with Gasteiger partial charge in [-0.3, -0.25) is 4.79 Å². The molecule has 0 atom stereocenters. The lowest BCUT2D eigenvalue weighted by molar-refractivity contribution is 0.0849. The normalized spacial score (nSPS) is 11.7. The fraction of sp³-hybridized carbons (Fsp3) is 0.533. The molecule has 0 aromatic heterocycles. The molecule has 0 aliphatic heterocycles. The van der Waals surface area contributed by atoms with Gasteiger partial charge in [0.2, 0.25) is 5.82 Å². The molecule has 1 aromatic rings. The molecule has 11 heteroatoms. The van der Waals surface area contributed by atoms with Gasteiger partial charge in [-0.15, -0.1) is 0 Å². The van der Waals surface area contributed by atoms with Crippen LogP contribution in [0.5, 0.6) is 0 Å². The van der Waals surface area contributed by atoms with Gasteiger partial charge in [0.15, 0.2) is 23.3 Å². The van der Waals surface area contributed by atoms with Crippen LogP contribution < -0.4 is 5.32 Å². The number of carbonyl (C=O) groups excluding carboxylic acids is 1. The largest absolute Gasteiger partial charge is 0.500 e. The highest BCUT2D eigenvalue weighted by molar-refractivity contribution is 6.60. The average molecular weight is 401 g/mol. The highest BCUT2D eigenvalue weighted by atomic mass is 28.4. The van der Waals surface area contributed by atoms with E-state index in [1.54, 1.807) is 13.8 Å². The standard InChI is InChI=1S/C15H20F5NO4Si/c1-4-24-26(23-3,25-5-2)8-6-7-21-15(22)9-10(16)12(18)14(20)13(19)11(9)17/h4-8H2,1-3H3,(H,21,22). The Morgan fingerprint density at radius 2 is 1.38 bits per heavy atom. The maximum Gasteiger partial charge on any atom is 0.500 e. The van der Waals surface area contributed by atoms with Crippen molar-refractivity contribution in [1.29, 1.82) is 0 Å². The van der Waals surface area contributed by atoms with Gasteiger partial charge < -0.3 is 18.6 Å². The van der Waals surface area contributed by atoms with Crippen LogP contribution in [-0.2, 0) is 13.3 Å². The fourth-order valence-corrected chi connectivity index (χ4v) is 4.55. The SMILES string of the molecule is CCO[Si](CCCNC(=O)c1c(F)c(F)c(F)c(F)c1F)(OC)OCC. The first kappa shape index (κ1) is 22.5. The third-order valence-corrected chi connectivity index (χ3v) is 6.47. The minimum Gasteiger partial charge on any atom is -0.377 e. The van der Waals surface area contributed by atoms with Gasteiger partial charge in [-0.25, -0.2) is 22.0 Å². The van der Waals surface area contributed by atoms with Crippen molar-refractivity contribution in [2.24, 2.45) is 0 Å². The molecule has 0 aliphatic carbocycles. The molecule has 1 aromatic carbocycles. The molecule has 0 saturated heterocycles. The van der Waals surface area contributed by atoms with Gasteiger partial charge in [0.05, 0.1) is 0 Å². The van der Waals surface area contributed by atoms with Crippen molar-refractivity contribution in [1.82, 2.24) is 5.32 Å². The van der Waals surface area contributed by atoms with Gasteiger partial charge in [-0.1, -0.05) is 0 Å². The van der Waals surface area contributed by atoms with Crippen LogP contribution in [0.25, 0.3) is 0 Å². The molecule has 0 fully saturated rings. The molecule has 148 valence electrons. The van der Waals surface area contributed by atoms with Crippen LogP contribution in [-0.4, -0.2) is 41.6 Å². The molecule has 0 saturated carbocycles. The maximum absolute atomic E-state index is 13.6. The first-order chi connectivity index (χ1) is 12.2. The molecule has 1 N–H and O–H groups in total. The number of amides is 1. The molecule has 0 unspecified atom stereocenters. The third kappa shape index (κ3) is 4.99. The molecule has 0 radical (unpaired) electrons. The van der Waals surface area contributed by atoms with E-state index in [4.69, 9.17) is 13.3 Å². The Kier molecular flexibility index (Phi) is 8.60. The number of hydrogen-bond acceptors (Lipinski definition) is 4. The molecule has 1 rings (SSSR count). The zero-order valence-electron chi connectivity index (χ0n) is 14.6. The fourth-order valence-electron chi connectivity index (χ4n) is 2.25. The average Bonchev–Trinajstić information content (AvgIpc) is 2.62. The molecule has 0 aliphatic rings. The van der Waals surface area contributed by atoms with E-state index in [-0.39, 0.29) is 13.0 Å². The molecular formula is C15H20F5NO4Si. The summed E-state index contributed by atoms with van der Waals surface area (Å²) in [6.45, 7) is 4.10. The van der Waals surface area contributed by atoms with Gasteiger partial charge in [0.1, 0.15) is 5.56 Å². The highest BCUT2D eigenvalue weighted by Gasteiger charge is 2.38. The van der Waals surface area contributed by atoms with Gasteiger partial charge >= 0.3 is 8.80 Å². The topological polar surface area (TPSA) is 56.8 Å². The number of nitrogens with one attached hydrogen (secondary N) is 1. The smallest absolute Gasteiger partial charge is 0.377 e. The van der Waals surface area contributed by atoms with Gasteiger partial charge in [-0.2, -0.15) is 0 Å². The molecule has 0 bridgehead atoms. The quantitative estimate of drug-likeness (QED) is 0.215. The number of halogens is 5. The number of benzene rings is 1. The van der Waals surface area contributed by atoms with E-state index in [2.05, 4.69) is 5.32 Å². The van der Waals surface area contributed by atoms with Gasteiger partial charge in [-0.05, 0) is 20.3 Å². The lowest BCUT2D eigenvalue weighted by Crippen LogP contribution is -2.45. The van der Waals surface area contributed by atoms with E-state index >= 15 is 0 Å². The summed E-state index contributed by atoms with van der Waals surface area (Å²) >= 11 is 0. The summed E-state index contributed by atoms with van der Waals surface area (Å²) in [5, 5.41) is 2.12. The second-order valence-corrected chi connectivity index (χ2v) is 7.91. The van der Waals surface area contributed by atoms with E-state index in [9.17, 15) is 26.7 Å². The number of hydrogen-bond donors (Lipinski definition) is 1. The van der Waals surface area contributed by atoms with Crippen LogP contribution in [0.3, 0.4) is 0 Å². The van der Waals surface area contributed by atoms with Gasteiger partial charge in [0, 0.05) is 32.9 Å². The first-order valence-corrected chi connectivity index (χ1v) is 9.80. The summed E-state index contributed by atoms with van der Waals surface area (Å²) in [4.78, 5) is 11.8. The second-order valence-electron chi connectivity index (χ2n) is 5.06. The lowest BCUT2D eigenvalue weighted by atomic mass is 10.1. The summed E-state index contributed by atoms with van der Waals surface area (Å²) in [6.07, 6.45) is 0.251. The Labute approximate surface area is 148 Å². The summed E-state index contributed by atoms with van der Waals surface area (Å²) in [6, 6.07) is 0.294. The maximum atomic E-state index is 13.6. The van der Waals surface area contributed by atoms with Crippen molar-refractivity contribution in [3.8, 4) is 0 Å². The molecular weight excluding hydrogens is 381 g/mol. The number of rotatable bonds is 10. The van der Waals surface area contributed by atoms with Crippen LogP contribution >= 0.6 is 0 Å². The predicted molar refractivity (Wildman–Crippen MR) is 84.0 cm³/mol. The van der Waals surface area contributed by atoms with Crippen LogP contribution in [0.1, 0.15) is 30.6 Å². The predicted octanol–water partition coefficient (Wildman–Crippen LogP) is 3.16. The Morgan fingerprint density at radius 3 is 1.81 bits per heavy atom. The molecule has 5 nitrogen and oxygen atoms in total. The minimum absolute atomic E-state index is 0.101. The Morgan fingerprint density at radius 1 is 0.923 bits per heavy atom. The van der Waals surface area contributed by atoms with E-state index in [0.29, 0.717) is 19.3 Å². The zero-order chi connectivity index (χ0) is 19.9. The Balaban J connectivity index is 2.76. The number of carbonyl (C=O) groups is 1. The van der Waals surface area contributed by atoms with Gasteiger partial charge in [0.25, 0.3) is 5.91 Å².